The Labute approximate surface area is 95.3 Å². The number of benzene rings is 1. The van der Waals surface area contributed by atoms with Crippen molar-refractivity contribution in [2.45, 2.75) is 13.3 Å². The topological polar surface area (TPSA) is 76.8 Å². The van der Waals surface area contributed by atoms with Gasteiger partial charge in [0.25, 0.3) is 0 Å². The van der Waals surface area contributed by atoms with Crippen LogP contribution >= 0.6 is 0 Å². The highest BCUT2D eigenvalue weighted by atomic mass is 15.1. The van der Waals surface area contributed by atoms with E-state index >= 15 is 0 Å². The van der Waals surface area contributed by atoms with Gasteiger partial charge in [0.15, 0.2) is 0 Å². The molecule has 4 N–H and O–H groups in total. The van der Waals surface area contributed by atoms with Crippen LogP contribution in [0.3, 0.4) is 0 Å². The zero-order valence-electron chi connectivity index (χ0n) is 12.5. The normalized spacial score (nSPS) is 17.7. The lowest BCUT2D eigenvalue weighted by Crippen LogP contribution is -2.16. The van der Waals surface area contributed by atoms with E-state index in [9.17, 15) is 0 Å². The number of nitrogens with two attached hydrogens (primary N) is 2. The van der Waals surface area contributed by atoms with Gasteiger partial charge in [-0.3, -0.25) is 4.99 Å². The maximum Gasteiger partial charge on any atom is 0.216 e. The Morgan fingerprint density at radius 1 is 1.47 bits per heavy atom. The molecule has 0 radical (unpaired) electrons. The molecule has 80 valence electrons. The minimum absolute atomic E-state index is 0.0427. The van der Waals surface area contributed by atoms with E-state index in [2.05, 4.69) is 9.98 Å². The van der Waals surface area contributed by atoms with Crippen molar-refractivity contribution in [1.82, 2.24) is 0 Å². The summed E-state index contributed by atoms with van der Waals surface area (Å²) in [7, 11) is 0. The first-order valence-electron chi connectivity index (χ1n) is 6.42. The summed E-state index contributed by atoms with van der Waals surface area (Å²) in [6.45, 7) is -0.420. The van der Waals surface area contributed by atoms with Crippen LogP contribution in [0.4, 0.5) is 0 Å². The van der Waals surface area contributed by atoms with Gasteiger partial charge >= 0.3 is 0 Å². The molecule has 1 rings (SSSR count). The fourth-order valence-electron chi connectivity index (χ4n) is 0.907. The molecule has 0 atom stereocenters. The van der Waals surface area contributed by atoms with Gasteiger partial charge in [0.1, 0.15) is 0 Å². The summed E-state index contributed by atoms with van der Waals surface area (Å²) >= 11 is 0. The number of nitrogens with zero attached hydrogens (tertiary/aromatic N) is 2. The summed E-state index contributed by atoms with van der Waals surface area (Å²) < 4.78 is 30.4. The Balaban J connectivity index is 2.90. The molecule has 0 aliphatic carbocycles. The molecule has 1 aromatic carbocycles. The van der Waals surface area contributed by atoms with Crippen molar-refractivity contribution in [3.63, 3.8) is 0 Å². The van der Waals surface area contributed by atoms with Gasteiger partial charge in [-0.1, -0.05) is 30.3 Å². The second-order valence-corrected chi connectivity index (χ2v) is 2.90. The van der Waals surface area contributed by atoms with E-state index in [0.29, 0.717) is 5.56 Å². The second kappa shape index (κ2) is 5.80. The number of guanidine groups is 1. The van der Waals surface area contributed by atoms with Gasteiger partial charge in [0.2, 0.25) is 5.96 Å². The van der Waals surface area contributed by atoms with E-state index in [1.165, 1.54) is 19.1 Å². The van der Waals surface area contributed by atoms with Gasteiger partial charge in [-0.2, -0.15) is 0 Å². The summed E-state index contributed by atoms with van der Waals surface area (Å²) in [4.78, 5) is 7.30. The minimum Gasteiger partial charge on any atom is -0.387 e. The van der Waals surface area contributed by atoms with Crippen LogP contribution < -0.4 is 11.5 Å². The maximum atomic E-state index is 7.74. The molecule has 0 fully saturated rings. The van der Waals surface area contributed by atoms with E-state index < -0.39 is 6.50 Å². The smallest absolute Gasteiger partial charge is 0.216 e. The van der Waals surface area contributed by atoms with E-state index in [-0.39, 0.29) is 30.3 Å². The Morgan fingerprint density at radius 2 is 2.27 bits per heavy atom. The second-order valence-electron chi connectivity index (χ2n) is 2.90. The van der Waals surface area contributed by atoms with Gasteiger partial charge < -0.3 is 11.5 Å². The van der Waals surface area contributed by atoms with Crippen LogP contribution in [0.25, 0.3) is 0 Å². The zero-order chi connectivity index (χ0) is 14.6. The Morgan fingerprint density at radius 3 is 2.93 bits per heavy atom. The molecule has 4 nitrogen and oxygen atoms in total. The molecule has 4 heteroatoms. The van der Waals surface area contributed by atoms with Crippen LogP contribution in [-0.4, -0.2) is 18.3 Å². The quantitative estimate of drug-likeness (QED) is 0.572. The Bertz CT molecular complexity index is 521. The number of amidine groups is 1. The average Bonchev–Trinajstić information content (AvgIpc) is 2.20. The molecule has 0 amide bonds. The Hall–Kier alpha value is -1.84. The van der Waals surface area contributed by atoms with Crippen molar-refractivity contribution in [3.8, 4) is 0 Å². The highest BCUT2D eigenvalue weighted by molar-refractivity contribution is 5.93. The largest absolute Gasteiger partial charge is 0.387 e. The van der Waals surface area contributed by atoms with Crippen LogP contribution in [0, 0.1) is 0 Å². The molecular formula is C11H16N4. The van der Waals surface area contributed by atoms with Crippen molar-refractivity contribution in [2.75, 3.05) is 6.50 Å². The number of hydrogen-bond acceptors (Lipinski definition) is 1. The molecular weight excluding hydrogens is 188 g/mol. The number of rotatable bonds is 3. The molecule has 1 aromatic rings. The van der Waals surface area contributed by atoms with Crippen molar-refractivity contribution < 1.29 is 5.48 Å². The standard InChI is InChI=1S/C11H16N4/c1-9(12)15-11(13)14-8-7-10-5-3-2-4-6-10/h2-6H,7-8H2,1H3,(H4,12,13,14,15)/i2D,3D,8D2. The molecule has 15 heavy (non-hydrogen) atoms. The molecule has 0 heterocycles. The fraction of sp³-hybridized carbons (Fsp3) is 0.273. The molecule has 0 bridgehead atoms. The van der Waals surface area contributed by atoms with Crippen molar-refractivity contribution in [1.29, 1.82) is 0 Å². The first kappa shape index (κ1) is 6.61. The lowest BCUT2D eigenvalue weighted by Gasteiger charge is -1.97. The first-order chi connectivity index (χ1) is 8.69. The number of hydrogen-bond donors (Lipinski definition) is 2. The molecule has 0 aliphatic heterocycles. The van der Waals surface area contributed by atoms with E-state index in [1.54, 1.807) is 6.07 Å². The Kier molecular flexibility index (Phi) is 2.55. The van der Waals surface area contributed by atoms with Gasteiger partial charge in [-0.25, -0.2) is 4.99 Å². The van der Waals surface area contributed by atoms with Crippen LogP contribution in [0.15, 0.2) is 40.3 Å². The molecule has 0 unspecified atom stereocenters. The molecule has 0 aliphatic rings. The molecule has 0 aromatic heterocycles. The summed E-state index contributed by atoms with van der Waals surface area (Å²) in [5.74, 6) is -0.0303. The summed E-state index contributed by atoms with van der Waals surface area (Å²) in [5.41, 5.74) is 11.3. The van der Waals surface area contributed by atoms with E-state index in [0.717, 1.165) is 0 Å². The first-order valence-corrected chi connectivity index (χ1v) is 4.42. The van der Waals surface area contributed by atoms with Crippen molar-refractivity contribution in [2.24, 2.45) is 21.5 Å². The summed E-state index contributed by atoms with van der Waals surface area (Å²) in [6.07, 6.45) is -0.0565. The third-order valence-electron chi connectivity index (χ3n) is 1.49. The third-order valence-corrected chi connectivity index (χ3v) is 1.49. The maximum absolute atomic E-state index is 7.74. The van der Waals surface area contributed by atoms with Crippen LogP contribution in [0.1, 0.15) is 18.0 Å². The SMILES string of the molecule is [2H]c1ccc(CC([2H])([2H])N=C(N)N=C(C)N)cc1[2H]. The van der Waals surface area contributed by atoms with E-state index in [4.69, 9.17) is 17.0 Å². The van der Waals surface area contributed by atoms with E-state index in [1.807, 2.05) is 0 Å². The fourth-order valence-corrected chi connectivity index (χ4v) is 0.907. The lowest BCUT2D eigenvalue weighted by atomic mass is 10.2. The summed E-state index contributed by atoms with van der Waals surface area (Å²) in [6, 6.07) is 4.60. The summed E-state index contributed by atoms with van der Waals surface area (Å²) in [5, 5.41) is 0. The molecule has 0 saturated carbocycles. The van der Waals surface area contributed by atoms with Crippen molar-refractivity contribution in [3.05, 3.63) is 35.8 Å². The van der Waals surface area contributed by atoms with Crippen LogP contribution in [0.5, 0.6) is 0 Å². The molecule has 0 saturated heterocycles. The highest BCUT2D eigenvalue weighted by Crippen LogP contribution is 1.99. The predicted molar refractivity (Wildman–Crippen MR) is 63.9 cm³/mol. The van der Waals surface area contributed by atoms with Gasteiger partial charge in [-0.15, -0.1) is 0 Å². The van der Waals surface area contributed by atoms with Gasteiger partial charge in [-0.05, 0) is 18.9 Å². The van der Waals surface area contributed by atoms with Crippen molar-refractivity contribution >= 4 is 11.8 Å². The zero-order valence-corrected chi connectivity index (χ0v) is 8.49. The number of aryl methyl sites for hydroxylation is 1. The monoisotopic (exact) mass is 208 g/mol. The van der Waals surface area contributed by atoms with Crippen LogP contribution in [-0.2, 0) is 6.42 Å². The third kappa shape index (κ3) is 4.81. The molecule has 0 spiro atoms. The minimum atomic E-state index is -1.95. The lowest BCUT2D eigenvalue weighted by molar-refractivity contribution is 0.962. The average molecular weight is 208 g/mol. The predicted octanol–water partition coefficient (Wildman–Crippen LogP) is 0.921. The van der Waals surface area contributed by atoms with Crippen LogP contribution in [0.2, 0.25) is 0 Å². The highest BCUT2D eigenvalue weighted by Gasteiger charge is 1.91. The number of aliphatic imine (C=N–C) groups is 2. The van der Waals surface area contributed by atoms with Gasteiger partial charge in [0.05, 0.1) is 11.3 Å². The van der Waals surface area contributed by atoms with Gasteiger partial charge in [0, 0.05) is 6.50 Å².